The van der Waals surface area contributed by atoms with Gasteiger partial charge in [-0.25, -0.2) is 0 Å². The van der Waals surface area contributed by atoms with Gasteiger partial charge in [-0.15, -0.1) is 13.2 Å². The molecule has 2 N–H and O–H groups in total. The average Bonchev–Trinajstić information content (AvgIpc) is 2.27. The Hall–Kier alpha value is -1.56. The molecule has 0 amide bonds. The summed E-state index contributed by atoms with van der Waals surface area (Å²) in [7, 11) is 0. The third-order valence-corrected chi connectivity index (χ3v) is 2.39. The number of ether oxygens (including phenoxy) is 1. The van der Waals surface area contributed by atoms with Crippen molar-refractivity contribution in [2.45, 2.75) is 32.2 Å². The molecule has 0 fully saturated rings. The van der Waals surface area contributed by atoms with E-state index in [1.807, 2.05) is 0 Å². The van der Waals surface area contributed by atoms with E-state index in [1.54, 1.807) is 6.92 Å². The monoisotopic (exact) mass is 261 g/mol. The van der Waals surface area contributed by atoms with Gasteiger partial charge in [0.2, 0.25) is 0 Å². The molecule has 3 nitrogen and oxygen atoms in total. The van der Waals surface area contributed by atoms with Crippen LogP contribution in [0.1, 0.15) is 30.1 Å². The zero-order valence-electron chi connectivity index (χ0n) is 9.83. The lowest BCUT2D eigenvalue weighted by Crippen LogP contribution is -2.24. The topological polar surface area (TPSA) is 52.3 Å². The fraction of sp³-hybridized carbons (Fsp3) is 0.417. The van der Waals surface area contributed by atoms with Gasteiger partial charge in [-0.05, 0) is 18.6 Å². The summed E-state index contributed by atoms with van der Waals surface area (Å²) in [5.41, 5.74) is 5.51. The number of benzene rings is 1. The first-order valence-electron chi connectivity index (χ1n) is 5.47. The second-order valence-corrected chi connectivity index (χ2v) is 3.84. The van der Waals surface area contributed by atoms with Gasteiger partial charge in [0.1, 0.15) is 5.75 Å². The molecule has 1 rings (SSSR count). The van der Waals surface area contributed by atoms with E-state index in [4.69, 9.17) is 5.73 Å². The first-order valence-corrected chi connectivity index (χ1v) is 5.47. The van der Waals surface area contributed by atoms with Crippen LogP contribution in [0, 0.1) is 0 Å². The zero-order valence-corrected chi connectivity index (χ0v) is 9.83. The number of nitrogens with two attached hydrogens (primary N) is 1. The maximum Gasteiger partial charge on any atom is 0.573 e. The van der Waals surface area contributed by atoms with E-state index in [1.165, 1.54) is 18.2 Å². The Morgan fingerprint density at radius 1 is 1.39 bits per heavy atom. The van der Waals surface area contributed by atoms with Crippen LogP contribution in [0.3, 0.4) is 0 Å². The summed E-state index contributed by atoms with van der Waals surface area (Å²) in [6.07, 6.45) is -4.24. The van der Waals surface area contributed by atoms with Crippen LogP contribution < -0.4 is 10.5 Å². The van der Waals surface area contributed by atoms with Gasteiger partial charge in [0, 0.05) is 12.5 Å². The predicted octanol–water partition coefficient (Wildman–Crippen LogP) is 2.90. The molecule has 18 heavy (non-hydrogen) atoms. The lowest BCUT2D eigenvalue weighted by molar-refractivity contribution is -0.274. The van der Waals surface area contributed by atoms with Crippen LogP contribution in [0.15, 0.2) is 24.3 Å². The number of carbonyl (C=O) groups is 1. The Balaban J connectivity index is 2.91. The molecule has 0 spiro atoms. The van der Waals surface area contributed by atoms with Crippen LogP contribution >= 0.6 is 0 Å². The van der Waals surface area contributed by atoms with E-state index in [0.29, 0.717) is 6.42 Å². The second-order valence-electron chi connectivity index (χ2n) is 3.84. The summed E-state index contributed by atoms with van der Waals surface area (Å²) in [5.74, 6) is -0.942. The van der Waals surface area contributed by atoms with Crippen molar-refractivity contribution in [3.05, 3.63) is 29.8 Å². The average molecular weight is 261 g/mol. The highest BCUT2D eigenvalue weighted by Crippen LogP contribution is 2.27. The second kappa shape index (κ2) is 5.86. The third kappa shape index (κ3) is 4.37. The van der Waals surface area contributed by atoms with Crippen LogP contribution in [0.5, 0.6) is 5.75 Å². The highest BCUT2D eigenvalue weighted by Gasteiger charge is 2.32. The number of alkyl halides is 3. The van der Waals surface area contributed by atoms with Crippen molar-refractivity contribution >= 4 is 5.78 Å². The van der Waals surface area contributed by atoms with Crippen molar-refractivity contribution in [3.8, 4) is 5.75 Å². The van der Waals surface area contributed by atoms with E-state index < -0.39 is 17.9 Å². The molecule has 0 bridgehead atoms. The van der Waals surface area contributed by atoms with Crippen molar-refractivity contribution in [2.75, 3.05) is 0 Å². The number of carbonyl (C=O) groups excluding carboxylic acids is 1. The van der Waals surface area contributed by atoms with Crippen LogP contribution in [-0.2, 0) is 0 Å². The lowest BCUT2D eigenvalue weighted by Gasteiger charge is -2.13. The van der Waals surface area contributed by atoms with Gasteiger partial charge in [0.05, 0.1) is 5.56 Å². The molecule has 100 valence electrons. The van der Waals surface area contributed by atoms with Gasteiger partial charge in [-0.3, -0.25) is 4.79 Å². The van der Waals surface area contributed by atoms with Gasteiger partial charge in [0.15, 0.2) is 5.78 Å². The van der Waals surface area contributed by atoms with Gasteiger partial charge in [-0.2, -0.15) is 0 Å². The SMILES string of the molecule is CCC(N)CC(=O)c1ccccc1OC(F)(F)F. The number of hydrogen-bond donors (Lipinski definition) is 1. The Kier molecular flexibility index (Phi) is 4.72. The van der Waals surface area contributed by atoms with E-state index in [0.717, 1.165) is 6.07 Å². The molecule has 0 aliphatic rings. The molecule has 1 aromatic rings. The molecule has 0 saturated heterocycles. The maximum absolute atomic E-state index is 12.2. The lowest BCUT2D eigenvalue weighted by atomic mass is 10.0. The predicted molar refractivity (Wildman–Crippen MR) is 60.3 cm³/mol. The Morgan fingerprint density at radius 3 is 2.56 bits per heavy atom. The molecule has 0 saturated carbocycles. The molecule has 0 radical (unpaired) electrons. The number of para-hydroxylation sites is 1. The van der Waals surface area contributed by atoms with Crippen LogP contribution in [0.2, 0.25) is 0 Å². The zero-order chi connectivity index (χ0) is 13.8. The molecule has 6 heteroatoms. The molecule has 0 heterocycles. The van der Waals surface area contributed by atoms with Crippen molar-refractivity contribution in [1.29, 1.82) is 0 Å². The van der Waals surface area contributed by atoms with Gasteiger partial charge < -0.3 is 10.5 Å². The molecule has 0 aromatic heterocycles. The molecular formula is C12H14F3NO2. The van der Waals surface area contributed by atoms with Crippen LogP contribution in [0.4, 0.5) is 13.2 Å². The number of ketones is 1. The summed E-state index contributed by atoms with van der Waals surface area (Å²) in [5, 5.41) is 0. The van der Waals surface area contributed by atoms with Crippen molar-refractivity contribution in [2.24, 2.45) is 5.73 Å². The van der Waals surface area contributed by atoms with E-state index >= 15 is 0 Å². The molecule has 0 aliphatic heterocycles. The molecule has 1 unspecified atom stereocenters. The number of halogens is 3. The van der Waals surface area contributed by atoms with Crippen molar-refractivity contribution in [3.63, 3.8) is 0 Å². The van der Waals surface area contributed by atoms with Crippen LogP contribution in [-0.4, -0.2) is 18.2 Å². The Bertz CT molecular complexity index is 418. The molecule has 1 aromatic carbocycles. The Morgan fingerprint density at radius 2 is 2.00 bits per heavy atom. The largest absolute Gasteiger partial charge is 0.573 e. The molecular weight excluding hydrogens is 247 g/mol. The highest BCUT2D eigenvalue weighted by molar-refractivity contribution is 5.99. The highest BCUT2D eigenvalue weighted by atomic mass is 19.4. The summed E-state index contributed by atoms with van der Waals surface area (Å²) in [4.78, 5) is 11.8. The van der Waals surface area contributed by atoms with E-state index in [-0.39, 0.29) is 18.0 Å². The Labute approximate surface area is 103 Å². The minimum atomic E-state index is -4.82. The van der Waals surface area contributed by atoms with Crippen molar-refractivity contribution < 1.29 is 22.7 Å². The first-order chi connectivity index (χ1) is 8.33. The minimum absolute atomic E-state index is 0.00523. The number of hydrogen-bond acceptors (Lipinski definition) is 3. The number of rotatable bonds is 5. The van der Waals surface area contributed by atoms with E-state index in [9.17, 15) is 18.0 Å². The quantitative estimate of drug-likeness (QED) is 0.829. The van der Waals surface area contributed by atoms with Crippen LogP contribution in [0.25, 0.3) is 0 Å². The molecule has 0 aliphatic carbocycles. The van der Waals surface area contributed by atoms with E-state index in [2.05, 4.69) is 4.74 Å². The summed E-state index contributed by atoms with van der Waals surface area (Å²) in [6.45, 7) is 1.80. The fourth-order valence-corrected chi connectivity index (χ4v) is 1.40. The normalized spacial score (nSPS) is 13.2. The standard InChI is InChI=1S/C12H14F3NO2/c1-2-8(16)7-10(17)9-5-3-4-6-11(9)18-12(13,14)15/h3-6,8H,2,7,16H2,1H3. The van der Waals surface area contributed by atoms with Gasteiger partial charge >= 0.3 is 6.36 Å². The fourth-order valence-electron chi connectivity index (χ4n) is 1.40. The minimum Gasteiger partial charge on any atom is -0.405 e. The van der Waals surface area contributed by atoms with Crippen molar-refractivity contribution in [1.82, 2.24) is 0 Å². The van der Waals surface area contributed by atoms with Gasteiger partial charge in [-0.1, -0.05) is 19.1 Å². The summed E-state index contributed by atoms with van der Waals surface area (Å²) in [6, 6.07) is 4.90. The maximum atomic E-state index is 12.2. The number of Topliss-reactive ketones (excluding diaryl/α,β-unsaturated/α-hetero) is 1. The third-order valence-electron chi connectivity index (χ3n) is 2.39. The first kappa shape index (κ1) is 14.5. The molecule has 1 atom stereocenters. The summed E-state index contributed by atoms with van der Waals surface area (Å²) < 4.78 is 40.3. The smallest absolute Gasteiger partial charge is 0.405 e. The summed E-state index contributed by atoms with van der Waals surface area (Å²) >= 11 is 0. The van der Waals surface area contributed by atoms with Gasteiger partial charge in [0.25, 0.3) is 0 Å².